The summed E-state index contributed by atoms with van der Waals surface area (Å²) in [5.74, 6) is -1.18. The molecule has 0 spiro atoms. The molecule has 0 aliphatic heterocycles. The molecule has 0 aliphatic carbocycles. The van der Waals surface area contributed by atoms with E-state index >= 15 is 0 Å². The summed E-state index contributed by atoms with van der Waals surface area (Å²) in [6, 6.07) is 0. The molecule has 0 aromatic rings. The van der Waals surface area contributed by atoms with Gasteiger partial charge in [-0.25, -0.2) is 0 Å². The second kappa shape index (κ2) is 26.4. The lowest BCUT2D eigenvalue weighted by atomic mass is 9.85. The zero-order valence-electron chi connectivity index (χ0n) is 25.3. The Kier molecular flexibility index (Phi) is 25.9. The van der Waals surface area contributed by atoms with Crippen molar-refractivity contribution in [2.75, 3.05) is 6.61 Å². The Morgan fingerprint density at radius 2 is 0.816 bits per heavy atom. The number of unbranched alkanes of at least 4 members (excludes halogenated alkanes) is 22. The van der Waals surface area contributed by atoms with Gasteiger partial charge in [-0.2, -0.15) is 0 Å². The lowest BCUT2D eigenvalue weighted by molar-refractivity contribution is -0.165. The molecule has 2 atom stereocenters. The van der Waals surface area contributed by atoms with Crippen LogP contribution in [0.4, 0.5) is 0 Å². The van der Waals surface area contributed by atoms with E-state index in [2.05, 4.69) is 13.8 Å². The van der Waals surface area contributed by atoms with Crippen molar-refractivity contribution in [1.82, 2.24) is 0 Å². The Morgan fingerprint density at radius 1 is 0.526 bits per heavy atom. The molecule has 0 saturated heterocycles. The minimum Gasteiger partial charge on any atom is -0.393 e. The first-order chi connectivity index (χ1) is 18.4. The molecule has 38 heavy (non-hydrogen) atoms. The van der Waals surface area contributed by atoms with Gasteiger partial charge in [0.1, 0.15) is 0 Å². The van der Waals surface area contributed by atoms with Crippen molar-refractivity contribution in [3.63, 3.8) is 0 Å². The van der Waals surface area contributed by atoms with E-state index in [0.717, 1.165) is 44.9 Å². The third kappa shape index (κ3) is 19.3. The Labute approximate surface area is 235 Å². The maximum Gasteiger partial charge on any atom is 0.178 e. The zero-order chi connectivity index (χ0) is 28.3. The maximum absolute atomic E-state index is 12.5. The number of hydrogen-bond donors (Lipinski definition) is 3. The molecule has 5 nitrogen and oxygen atoms in total. The predicted molar refractivity (Wildman–Crippen MR) is 159 cm³/mol. The third-order valence-corrected chi connectivity index (χ3v) is 8.02. The van der Waals surface area contributed by atoms with Gasteiger partial charge < -0.3 is 15.3 Å². The summed E-state index contributed by atoms with van der Waals surface area (Å²) in [6.07, 6.45) is 27.3. The quantitative estimate of drug-likeness (QED) is 0.0795. The lowest BCUT2D eigenvalue weighted by Crippen LogP contribution is -2.55. The number of carbonyl (C=O) groups excluding carboxylic acids is 2. The number of aliphatic hydroxyl groups is 3. The Hall–Kier alpha value is -0.780. The van der Waals surface area contributed by atoms with Crippen LogP contribution in [0, 0.1) is 0 Å². The fourth-order valence-corrected chi connectivity index (χ4v) is 5.21. The highest BCUT2D eigenvalue weighted by molar-refractivity contribution is 5.96. The first kappa shape index (κ1) is 37.2. The normalized spacial score (nSPS) is 13.9. The average Bonchev–Trinajstić information content (AvgIpc) is 2.92. The van der Waals surface area contributed by atoms with Crippen LogP contribution in [0.1, 0.15) is 181 Å². The lowest BCUT2D eigenvalue weighted by Gasteiger charge is -2.29. The van der Waals surface area contributed by atoms with Gasteiger partial charge in [-0.05, 0) is 12.8 Å². The summed E-state index contributed by atoms with van der Waals surface area (Å²) in [6.45, 7) is 3.46. The molecule has 0 aliphatic rings. The van der Waals surface area contributed by atoms with Crippen molar-refractivity contribution in [3.8, 4) is 0 Å². The van der Waals surface area contributed by atoms with Crippen molar-refractivity contribution >= 4 is 11.6 Å². The summed E-state index contributed by atoms with van der Waals surface area (Å²) >= 11 is 0. The van der Waals surface area contributed by atoms with Crippen molar-refractivity contribution in [2.24, 2.45) is 0 Å². The van der Waals surface area contributed by atoms with Gasteiger partial charge in [0.15, 0.2) is 23.3 Å². The van der Waals surface area contributed by atoms with E-state index in [0.29, 0.717) is 12.8 Å². The molecule has 0 radical (unpaired) electrons. The fraction of sp³-hybridized carbons (Fsp3) is 0.939. The number of rotatable bonds is 30. The van der Waals surface area contributed by atoms with Crippen LogP contribution in [0.15, 0.2) is 0 Å². The maximum atomic E-state index is 12.5. The molecule has 0 aromatic carbocycles. The van der Waals surface area contributed by atoms with Crippen molar-refractivity contribution in [1.29, 1.82) is 0 Å². The van der Waals surface area contributed by atoms with E-state index in [1.165, 1.54) is 96.3 Å². The summed E-state index contributed by atoms with van der Waals surface area (Å²) in [4.78, 5) is 24.8. The Balaban J connectivity index is 3.70. The third-order valence-electron chi connectivity index (χ3n) is 8.02. The molecule has 0 rings (SSSR count). The van der Waals surface area contributed by atoms with Crippen LogP contribution in [-0.4, -0.2) is 45.2 Å². The molecular weight excluding hydrogens is 476 g/mol. The van der Waals surface area contributed by atoms with Gasteiger partial charge in [0, 0.05) is 12.8 Å². The molecule has 3 N–H and O–H groups in total. The molecular formula is C33H64O5. The molecule has 0 heterocycles. The smallest absolute Gasteiger partial charge is 0.178 e. The molecule has 2 unspecified atom stereocenters. The van der Waals surface area contributed by atoms with E-state index in [4.69, 9.17) is 0 Å². The van der Waals surface area contributed by atoms with Crippen LogP contribution in [0.3, 0.4) is 0 Å². The van der Waals surface area contributed by atoms with Crippen molar-refractivity contribution in [2.45, 2.75) is 192 Å². The Bertz CT molecular complexity index is 550. The number of aliphatic hydroxyl groups excluding tert-OH is 2. The van der Waals surface area contributed by atoms with Gasteiger partial charge in [-0.15, -0.1) is 0 Å². The summed E-state index contributed by atoms with van der Waals surface area (Å²) in [5.41, 5.74) is -2.37. The SMILES string of the molecule is CCCCCCCCCCCCCCCCCCCCCC(=O)C(O)(CO)C(O)C(=O)CCCCCCC. The summed E-state index contributed by atoms with van der Waals surface area (Å²) in [5, 5.41) is 30.4. The van der Waals surface area contributed by atoms with Gasteiger partial charge in [-0.3, -0.25) is 9.59 Å². The molecule has 0 saturated carbocycles. The first-order valence-electron chi connectivity index (χ1n) is 16.5. The van der Waals surface area contributed by atoms with E-state index < -0.39 is 29.9 Å². The number of ketones is 2. The zero-order valence-corrected chi connectivity index (χ0v) is 25.3. The molecule has 5 heteroatoms. The molecule has 0 fully saturated rings. The van der Waals surface area contributed by atoms with E-state index in [-0.39, 0.29) is 12.8 Å². The van der Waals surface area contributed by atoms with E-state index in [1.54, 1.807) is 0 Å². The second-order valence-electron chi connectivity index (χ2n) is 11.7. The van der Waals surface area contributed by atoms with Crippen LogP contribution in [0.25, 0.3) is 0 Å². The molecule has 0 bridgehead atoms. The second-order valence-corrected chi connectivity index (χ2v) is 11.7. The number of hydrogen-bond acceptors (Lipinski definition) is 5. The number of Topliss-reactive ketones (excluding diaryl/α,β-unsaturated/α-hetero) is 2. The highest BCUT2D eigenvalue weighted by Gasteiger charge is 2.45. The number of carbonyl (C=O) groups is 2. The van der Waals surface area contributed by atoms with Gasteiger partial charge in [-0.1, -0.05) is 155 Å². The molecule has 0 aromatic heterocycles. The fourth-order valence-electron chi connectivity index (χ4n) is 5.21. The minimum absolute atomic E-state index is 0.0801. The van der Waals surface area contributed by atoms with Crippen LogP contribution < -0.4 is 0 Å². The first-order valence-corrected chi connectivity index (χ1v) is 16.5. The topological polar surface area (TPSA) is 94.8 Å². The molecule has 0 amide bonds. The van der Waals surface area contributed by atoms with Crippen LogP contribution in [0.5, 0.6) is 0 Å². The standard InChI is InChI=1S/C33H64O5/c1-3-5-7-9-10-11-12-13-14-15-16-17-18-19-20-21-22-24-26-28-31(36)33(38,29-34)32(37)30(35)27-25-23-8-6-4-2/h32,34,37-38H,3-29H2,1-2H3. The van der Waals surface area contributed by atoms with Crippen LogP contribution in [-0.2, 0) is 9.59 Å². The van der Waals surface area contributed by atoms with E-state index in [9.17, 15) is 24.9 Å². The average molecular weight is 541 g/mol. The minimum atomic E-state index is -2.37. The van der Waals surface area contributed by atoms with Crippen LogP contribution in [0.2, 0.25) is 0 Å². The van der Waals surface area contributed by atoms with Crippen molar-refractivity contribution < 1.29 is 24.9 Å². The Morgan fingerprint density at radius 3 is 1.13 bits per heavy atom. The van der Waals surface area contributed by atoms with Gasteiger partial charge in [0.2, 0.25) is 0 Å². The highest BCUT2D eigenvalue weighted by Crippen LogP contribution is 2.20. The van der Waals surface area contributed by atoms with Crippen molar-refractivity contribution in [3.05, 3.63) is 0 Å². The molecule has 226 valence electrons. The van der Waals surface area contributed by atoms with Gasteiger partial charge >= 0.3 is 0 Å². The summed E-state index contributed by atoms with van der Waals surface area (Å²) < 4.78 is 0. The predicted octanol–water partition coefficient (Wildman–Crippen LogP) is 8.39. The van der Waals surface area contributed by atoms with Gasteiger partial charge in [0.05, 0.1) is 6.61 Å². The largest absolute Gasteiger partial charge is 0.393 e. The highest BCUT2D eigenvalue weighted by atomic mass is 16.4. The van der Waals surface area contributed by atoms with Gasteiger partial charge in [0.25, 0.3) is 0 Å². The monoisotopic (exact) mass is 540 g/mol. The summed E-state index contributed by atoms with van der Waals surface area (Å²) in [7, 11) is 0. The van der Waals surface area contributed by atoms with Crippen LogP contribution >= 0.6 is 0 Å². The van der Waals surface area contributed by atoms with E-state index in [1.807, 2.05) is 0 Å².